The molecule has 126 valence electrons. The fourth-order valence-electron chi connectivity index (χ4n) is 1.76. The molecular weight excluding hydrogens is 336 g/mol. The van der Waals surface area contributed by atoms with Gasteiger partial charge in [-0.15, -0.1) is 0 Å². The van der Waals surface area contributed by atoms with Gasteiger partial charge in [-0.3, -0.25) is 9.05 Å². The Morgan fingerprint density at radius 3 is 1.71 bits per heavy atom. The molecule has 0 aromatic rings. The van der Waals surface area contributed by atoms with E-state index in [0.717, 1.165) is 13.8 Å². The highest BCUT2D eigenvalue weighted by Gasteiger charge is 2.75. The number of rotatable bonds is 3. The van der Waals surface area contributed by atoms with Crippen LogP contribution in [0.25, 0.3) is 0 Å². The normalized spacial score (nSPS) is 34.2. The molecule has 12 heteroatoms. The molecule has 1 aliphatic heterocycles. The monoisotopic (exact) mass is 348 g/mol. The van der Waals surface area contributed by atoms with E-state index in [4.69, 9.17) is 4.89 Å². The van der Waals surface area contributed by atoms with Gasteiger partial charge >= 0.3 is 25.8 Å². The summed E-state index contributed by atoms with van der Waals surface area (Å²) in [6.07, 6.45) is -8.65. The van der Waals surface area contributed by atoms with Gasteiger partial charge in [-0.05, 0) is 20.8 Å². The first kappa shape index (κ1) is 18.7. The second-order valence-electron chi connectivity index (χ2n) is 5.35. The maximum absolute atomic E-state index is 13.4. The summed E-state index contributed by atoms with van der Waals surface area (Å²) in [4.78, 5) is 9.08. The maximum atomic E-state index is 13.4. The molecule has 1 rings (SSSR count). The SMILES string of the molecule is CC1(C)OP(=O)(O)OC1(C)CC(F)(F)C(F)(F)C(F)(F)F. The number of phosphoric ester groups is 1. The molecule has 0 spiro atoms. The molecule has 1 fully saturated rings. The quantitative estimate of drug-likeness (QED) is 0.621. The molecule has 0 bridgehead atoms. The highest BCUT2D eigenvalue weighted by molar-refractivity contribution is 7.47. The first-order chi connectivity index (χ1) is 8.87. The molecule has 0 radical (unpaired) electrons. The van der Waals surface area contributed by atoms with Crippen LogP contribution in [0.5, 0.6) is 0 Å². The lowest BCUT2D eigenvalue weighted by Gasteiger charge is -2.38. The Morgan fingerprint density at radius 1 is 1.00 bits per heavy atom. The molecule has 21 heavy (non-hydrogen) atoms. The lowest BCUT2D eigenvalue weighted by Crippen LogP contribution is -2.58. The van der Waals surface area contributed by atoms with E-state index in [1.807, 2.05) is 0 Å². The van der Waals surface area contributed by atoms with Crippen molar-refractivity contribution in [1.29, 1.82) is 0 Å². The Hall–Kier alpha value is -0.380. The molecule has 1 aliphatic rings. The van der Waals surface area contributed by atoms with E-state index in [1.54, 1.807) is 0 Å². The number of halogens is 7. The molecule has 1 heterocycles. The van der Waals surface area contributed by atoms with Crippen LogP contribution in [0.1, 0.15) is 27.2 Å². The summed E-state index contributed by atoms with van der Waals surface area (Å²) in [5.41, 5.74) is -4.52. The van der Waals surface area contributed by atoms with E-state index >= 15 is 0 Å². The minimum atomic E-state index is -6.49. The van der Waals surface area contributed by atoms with Crippen molar-refractivity contribution in [3.8, 4) is 0 Å². The fraction of sp³-hybridized carbons (Fsp3) is 1.00. The van der Waals surface area contributed by atoms with Crippen LogP contribution in [-0.2, 0) is 13.6 Å². The molecule has 0 aliphatic carbocycles. The van der Waals surface area contributed by atoms with Crippen molar-refractivity contribution >= 4 is 7.82 Å². The van der Waals surface area contributed by atoms with Gasteiger partial charge in [0.2, 0.25) is 0 Å². The van der Waals surface area contributed by atoms with Crippen LogP contribution in [0, 0.1) is 0 Å². The summed E-state index contributed by atoms with van der Waals surface area (Å²) >= 11 is 0. The van der Waals surface area contributed by atoms with Gasteiger partial charge in [0.15, 0.2) is 0 Å². The summed E-state index contributed by atoms with van der Waals surface area (Å²) in [7, 11) is -4.82. The van der Waals surface area contributed by atoms with Crippen LogP contribution >= 0.6 is 7.82 Å². The lowest BCUT2D eigenvalue weighted by atomic mass is 9.81. The zero-order valence-corrected chi connectivity index (χ0v) is 11.9. The Kier molecular flexibility index (Phi) is 4.05. The van der Waals surface area contributed by atoms with E-state index in [1.165, 1.54) is 0 Å². The first-order valence-corrected chi connectivity index (χ1v) is 6.93. The standard InChI is InChI=1S/C9H12F7O4P/c1-5(2)6(3,20-21(17,18)19-5)4-7(10,11)8(12,13)9(14,15)16/h4H2,1-3H3,(H,17,18). The smallest absolute Gasteiger partial charge is 0.302 e. The maximum Gasteiger partial charge on any atom is 0.473 e. The fourth-order valence-corrected chi connectivity index (χ4v) is 3.36. The zero-order valence-electron chi connectivity index (χ0n) is 11.0. The summed E-state index contributed by atoms with van der Waals surface area (Å²) in [6, 6.07) is 0. The highest BCUT2D eigenvalue weighted by atomic mass is 31.2. The average molecular weight is 348 g/mol. The van der Waals surface area contributed by atoms with Crippen molar-refractivity contribution in [3.63, 3.8) is 0 Å². The van der Waals surface area contributed by atoms with Crippen molar-refractivity contribution in [2.24, 2.45) is 0 Å². The van der Waals surface area contributed by atoms with Gasteiger partial charge in [0.05, 0.1) is 6.42 Å². The van der Waals surface area contributed by atoms with E-state index in [-0.39, 0.29) is 0 Å². The van der Waals surface area contributed by atoms with Crippen molar-refractivity contribution in [2.75, 3.05) is 0 Å². The van der Waals surface area contributed by atoms with Gasteiger partial charge in [-0.2, -0.15) is 30.7 Å². The number of hydrogen-bond acceptors (Lipinski definition) is 3. The predicted octanol–water partition coefficient (Wildman–Crippen LogP) is 3.89. The van der Waals surface area contributed by atoms with Gasteiger partial charge in [0, 0.05) is 0 Å². The van der Waals surface area contributed by atoms with Crippen LogP contribution in [-0.4, -0.2) is 34.1 Å². The molecule has 0 aromatic heterocycles. The van der Waals surface area contributed by atoms with E-state index in [2.05, 4.69) is 9.05 Å². The van der Waals surface area contributed by atoms with Gasteiger partial charge in [0.1, 0.15) is 11.2 Å². The molecule has 4 nitrogen and oxygen atoms in total. The van der Waals surface area contributed by atoms with E-state index in [9.17, 15) is 35.3 Å². The van der Waals surface area contributed by atoms with Crippen molar-refractivity contribution in [1.82, 2.24) is 0 Å². The lowest BCUT2D eigenvalue weighted by molar-refractivity contribution is -0.361. The largest absolute Gasteiger partial charge is 0.473 e. The van der Waals surface area contributed by atoms with Crippen LogP contribution in [0.3, 0.4) is 0 Å². The highest BCUT2D eigenvalue weighted by Crippen LogP contribution is 2.64. The Morgan fingerprint density at radius 2 is 1.43 bits per heavy atom. The van der Waals surface area contributed by atoms with E-state index in [0.29, 0.717) is 6.92 Å². The van der Waals surface area contributed by atoms with E-state index < -0.39 is 43.5 Å². The van der Waals surface area contributed by atoms with Crippen LogP contribution in [0.2, 0.25) is 0 Å². The summed E-state index contributed by atoms with van der Waals surface area (Å²) in [6.45, 7) is 2.62. The molecule has 0 aromatic carbocycles. The minimum absolute atomic E-state index is 0.698. The topological polar surface area (TPSA) is 55.8 Å². The third kappa shape index (κ3) is 3.06. The summed E-state index contributed by atoms with van der Waals surface area (Å²) in [5, 5.41) is 0. The predicted molar refractivity (Wildman–Crippen MR) is 55.0 cm³/mol. The second kappa shape index (κ2) is 4.56. The Balaban J connectivity index is 3.18. The Labute approximate surface area is 114 Å². The zero-order chi connectivity index (χ0) is 17.1. The molecule has 1 saturated heterocycles. The number of alkyl halides is 7. The van der Waals surface area contributed by atoms with Gasteiger partial charge < -0.3 is 4.89 Å². The molecule has 0 amide bonds. The molecule has 2 atom stereocenters. The van der Waals surface area contributed by atoms with Crippen LogP contribution in [0.15, 0.2) is 0 Å². The van der Waals surface area contributed by atoms with Gasteiger partial charge in [0.25, 0.3) is 0 Å². The minimum Gasteiger partial charge on any atom is -0.302 e. The van der Waals surface area contributed by atoms with Crippen LogP contribution < -0.4 is 0 Å². The third-order valence-corrected chi connectivity index (χ3v) is 4.63. The second-order valence-corrected chi connectivity index (χ2v) is 6.65. The summed E-state index contributed by atoms with van der Waals surface area (Å²) < 4.78 is 109. The van der Waals surface area contributed by atoms with Crippen molar-refractivity contribution < 1.29 is 49.2 Å². The van der Waals surface area contributed by atoms with Crippen LogP contribution in [0.4, 0.5) is 30.7 Å². The van der Waals surface area contributed by atoms with Crippen molar-refractivity contribution in [3.05, 3.63) is 0 Å². The Bertz CT molecular complexity index is 475. The summed E-state index contributed by atoms with van der Waals surface area (Å²) in [5.74, 6) is -11.9. The third-order valence-electron chi connectivity index (χ3n) is 3.31. The van der Waals surface area contributed by atoms with Crippen molar-refractivity contribution in [2.45, 2.75) is 56.4 Å². The number of hydrogen-bond donors (Lipinski definition) is 1. The van der Waals surface area contributed by atoms with Gasteiger partial charge in [-0.25, -0.2) is 4.57 Å². The molecule has 1 N–H and O–H groups in total. The van der Waals surface area contributed by atoms with Gasteiger partial charge in [-0.1, -0.05) is 0 Å². The molecule has 2 unspecified atom stereocenters. The average Bonchev–Trinajstić information content (AvgIpc) is 2.25. The molecule has 0 saturated carbocycles. The first-order valence-electron chi connectivity index (χ1n) is 5.44. The molecular formula is C9H12F7O4P. The number of phosphoric acid groups is 1.